The number of aryl methyl sites for hydroxylation is 1. The zero-order valence-corrected chi connectivity index (χ0v) is 24.8. The van der Waals surface area contributed by atoms with Crippen LogP contribution in [0.15, 0.2) is 37.1 Å². The molecular weight excluding hydrogens is 534 g/mol. The summed E-state index contributed by atoms with van der Waals surface area (Å²) >= 11 is 0. The van der Waals surface area contributed by atoms with E-state index >= 15 is 0 Å². The SMILES string of the molecule is C=CC(=O)N1CCOCC1C(=O)Cc1ccc(CC)c(CNc2nc(NC3CCOCC3)nc3c(C(C)C)cnn23)c1. The number of fused-ring (bicyclic) bond motifs is 1. The maximum atomic E-state index is 13.3. The van der Waals surface area contributed by atoms with E-state index < -0.39 is 6.04 Å². The van der Waals surface area contributed by atoms with E-state index in [-0.39, 0.29) is 36.7 Å². The predicted molar refractivity (Wildman–Crippen MR) is 161 cm³/mol. The van der Waals surface area contributed by atoms with Crippen molar-refractivity contribution >= 4 is 29.2 Å². The first-order valence-electron chi connectivity index (χ1n) is 14.9. The number of anilines is 2. The van der Waals surface area contributed by atoms with Crippen molar-refractivity contribution in [3.05, 3.63) is 59.3 Å². The first-order valence-corrected chi connectivity index (χ1v) is 14.9. The molecular formula is C31H41N7O4. The Balaban J connectivity index is 1.37. The van der Waals surface area contributed by atoms with Crippen molar-refractivity contribution in [1.29, 1.82) is 0 Å². The maximum Gasteiger partial charge on any atom is 0.246 e. The van der Waals surface area contributed by atoms with Crippen LogP contribution in [0.2, 0.25) is 0 Å². The van der Waals surface area contributed by atoms with Crippen molar-refractivity contribution in [2.45, 2.75) is 71.0 Å². The van der Waals surface area contributed by atoms with Gasteiger partial charge in [0.2, 0.25) is 17.8 Å². The third-order valence-electron chi connectivity index (χ3n) is 8.00. The Morgan fingerprint density at radius 2 is 1.95 bits per heavy atom. The molecule has 42 heavy (non-hydrogen) atoms. The fraction of sp³-hybridized carbons (Fsp3) is 0.516. The summed E-state index contributed by atoms with van der Waals surface area (Å²) in [5.74, 6) is 1.14. The van der Waals surface area contributed by atoms with Gasteiger partial charge >= 0.3 is 0 Å². The third-order valence-corrected chi connectivity index (χ3v) is 8.00. The molecule has 5 rings (SSSR count). The van der Waals surface area contributed by atoms with Crippen LogP contribution in [0, 0.1) is 0 Å². The number of ether oxygens (including phenoxy) is 2. The standard InChI is InChI=1S/C31H41N7O4/c1-5-22-8-7-21(16-27(39)26-19-42-14-11-37(26)28(40)6-2)15-23(22)17-32-31-36-30(34-24-9-12-41-13-10-24)35-29-25(20(3)4)18-33-38(29)31/h6-8,15,18,20,24,26H,2,5,9-14,16-17,19H2,1,3-4H3,(H2,32,34,35,36). The van der Waals surface area contributed by atoms with Crippen molar-refractivity contribution < 1.29 is 19.1 Å². The van der Waals surface area contributed by atoms with Crippen LogP contribution in [0.4, 0.5) is 11.9 Å². The molecule has 2 saturated heterocycles. The summed E-state index contributed by atoms with van der Waals surface area (Å²) < 4.78 is 12.8. The van der Waals surface area contributed by atoms with Crippen LogP contribution < -0.4 is 10.6 Å². The number of aromatic nitrogens is 4. The van der Waals surface area contributed by atoms with E-state index in [0.717, 1.165) is 54.8 Å². The molecule has 0 radical (unpaired) electrons. The number of amides is 1. The Morgan fingerprint density at radius 3 is 2.69 bits per heavy atom. The number of Topliss-reactive ketones (excluding diaryl/α,β-unsaturated/α-hetero) is 1. The number of hydrogen-bond acceptors (Lipinski definition) is 9. The largest absolute Gasteiger partial charge is 0.381 e. The lowest BCUT2D eigenvalue weighted by molar-refractivity contribution is -0.143. The highest BCUT2D eigenvalue weighted by Gasteiger charge is 2.31. The average Bonchev–Trinajstić information content (AvgIpc) is 3.44. The maximum absolute atomic E-state index is 13.3. The molecule has 1 atom stereocenters. The summed E-state index contributed by atoms with van der Waals surface area (Å²) in [6.07, 6.45) is 5.98. The van der Waals surface area contributed by atoms with Gasteiger partial charge in [-0.25, -0.2) is 0 Å². The van der Waals surface area contributed by atoms with Crippen molar-refractivity contribution in [3.8, 4) is 0 Å². The van der Waals surface area contributed by atoms with Crippen LogP contribution in [0.25, 0.3) is 5.65 Å². The van der Waals surface area contributed by atoms with Gasteiger partial charge < -0.3 is 25.0 Å². The molecule has 0 saturated carbocycles. The average molecular weight is 576 g/mol. The Bertz CT molecular complexity index is 1430. The fourth-order valence-corrected chi connectivity index (χ4v) is 5.55. The molecule has 1 amide bonds. The highest BCUT2D eigenvalue weighted by molar-refractivity contribution is 5.94. The highest BCUT2D eigenvalue weighted by Crippen LogP contribution is 2.24. The number of nitrogens with one attached hydrogen (secondary N) is 2. The lowest BCUT2D eigenvalue weighted by Gasteiger charge is -2.34. The number of carbonyl (C=O) groups excluding carboxylic acids is 2. The van der Waals surface area contributed by atoms with Crippen LogP contribution in [0.1, 0.15) is 61.8 Å². The van der Waals surface area contributed by atoms with E-state index in [1.165, 1.54) is 11.6 Å². The third kappa shape index (κ3) is 6.63. The van der Waals surface area contributed by atoms with Crippen molar-refractivity contribution in [3.63, 3.8) is 0 Å². The number of hydrogen-bond donors (Lipinski definition) is 2. The lowest BCUT2D eigenvalue weighted by atomic mass is 9.97. The topological polar surface area (TPSA) is 123 Å². The van der Waals surface area contributed by atoms with E-state index in [0.29, 0.717) is 31.6 Å². The normalized spacial score (nSPS) is 17.9. The number of nitrogens with zero attached hydrogens (tertiary/aromatic N) is 5. The molecule has 11 heteroatoms. The van der Waals surface area contributed by atoms with Gasteiger partial charge in [-0.3, -0.25) is 9.59 Å². The predicted octanol–water partition coefficient (Wildman–Crippen LogP) is 3.54. The van der Waals surface area contributed by atoms with E-state index in [1.54, 1.807) is 9.42 Å². The van der Waals surface area contributed by atoms with E-state index in [4.69, 9.17) is 19.4 Å². The van der Waals surface area contributed by atoms with Crippen LogP contribution >= 0.6 is 0 Å². The molecule has 4 heterocycles. The molecule has 2 aliphatic heterocycles. The van der Waals surface area contributed by atoms with Crippen molar-refractivity contribution in [2.75, 3.05) is 43.6 Å². The van der Waals surface area contributed by atoms with Gasteiger partial charge in [-0.05, 0) is 47.9 Å². The molecule has 1 aromatic carbocycles. The van der Waals surface area contributed by atoms with Crippen molar-refractivity contribution in [1.82, 2.24) is 24.5 Å². The molecule has 224 valence electrons. The second-order valence-corrected chi connectivity index (χ2v) is 11.2. The molecule has 2 aliphatic rings. The number of carbonyl (C=O) groups is 2. The smallest absolute Gasteiger partial charge is 0.246 e. The van der Waals surface area contributed by atoms with Crippen LogP contribution in [-0.4, -0.2) is 81.2 Å². The number of benzene rings is 1. The summed E-state index contributed by atoms with van der Waals surface area (Å²) in [5, 5.41) is 11.6. The molecule has 2 aromatic heterocycles. The Morgan fingerprint density at radius 1 is 1.14 bits per heavy atom. The molecule has 0 aliphatic carbocycles. The lowest BCUT2D eigenvalue weighted by Crippen LogP contribution is -2.52. The summed E-state index contributed by atoms with van der Waals surface area (Å²) in [6, 6.07) is 5.78. The minimum Gasteiger partial charge on any atom is -0.381 e. The molecule has 11 nitrogen and oxygen atoms in total. The highest BCUT2D eigenvalue weighted by atomic mass is 16.5. The van der Waals surface area contributed by atoms with Crippen LogP contribution in [0.5, 0.6) is 0 Å². The quantitative estimate of drug-likeness (QED) is 0.331. The van der Waals surface area contributed by atoms with Gasteiger partial charge in [0.1, 0.15) is 6.04 Å². The second kappa shape index (κ2) is 13.4. The zero-order valence-electron chi connectivity index (χ0n) is 24.8. The number of ketones is 1. The van der Waals surface area contributed by atoms with Gasteiger partial charge in [-0.15, -0.1) is 0 Å². The Labute approximate surface area is 246 Å². The molecule has 3 aromatic rings. The van der Waals surface area contributed by atoms with Crippen LogP contribution in [0.3, 0.4) is 0 Å². The zero-order chi connectivity index (χ0) is 29.6. The first-order chi connectivity index (χ1) is 20.4. The van der Waals surface area contributed by atoms with Gasteiger partial charge in [0, 0.05) is 44.3 Å². The molecule has 1 unspecified atom stereocenters. The minimum atomic E-state index is -0.609. The Hall–Kier alpha value is -3.83. The summed E-state index contributed by atoms with van der Waals surface area (Å²) in [5.41, 5.74) is 4.98. The van der Waals surface area contributed by atoms with Gasteiger partial charge in [0.25, 0.3) is 0 Å². The fourth-order valence-electron chi connectivity index (χ4n) is 5.55. The first kappa shape index (κ1) is 29.7. The molecule has 0 bridgehead atoms. The van der Waals surface area contributed by atoms with Crippen LogP contribution in [-0.2, 0) is 38.4 Å². The minimum absolute atomic E-state index is 0.0489. The molecule has 2 N–H and O–H groups in total. The summed E-state index contributed by atoms with van der Waals surface area (Å²) in [4.78, 5) is 36.8. The Kier molecular flexibility index (Phi) is 9.48. The second-order valence-electron chi connectivity index (χ2n) is 11.2. The summed E-state index contributed by atoms with van der Waals surface area (Å²) in [6.45, 7) is 12.9. The van der Waals surface area contributed by atoms with E-state index in [2.05, 4.69) is 55.2 Å². The van der Waals surface area contributed by atoms with E-state index in [9.17, 15) is 9.59 Å². The van der Waals surface area contributed by atoms with Crippen molar-refractivity contribution in [2.24, 2.45) is 0 Å². The van der Waals surface area contributed by atoms with Gasteiger partial charge in [-0.2, -0.15) is 19.6 Å². The molecule has 0 spiro atoms. The van der Waals surface area contributed by atoms with Gasteiger partial charge in [0.05, 0.1) is 19.4 Å². The van der Waals surface area contributed by atoms with Gasteiger partial charge in [0.15, 0.2) is 11.4 Å². The monoisotopic (exact) mass is 575 g/mol. The van der Waals surface area contributed by atoms with Gasteiger partial charge in [-0.1, -0.05) is 45.5 Å². The molecule has 2 fully saturated rings. The number of rotatable bonds is 11. The number of morpholine rings is 1. The van der Waals surface area contributed by atoms with E-state index in [1.807, 2.05) is 12.3 Å². The summed E-state index contributed by atoms with van der Waals surface area (Å²) in [7, 11) is 0.